The van der Waals surface area contributed by atoms with Crippen LogP contribution in [0.1, 0.15) is 22.7 Å². The first-order chi connectivity index (χ1) is 8.34. The zero-order chi connectivity index (χ0) is 11.7. The van der Waals surface area contributed by atoms with E-state index in [-0.39, 0.29) is 12.2 Å². The van der Waals surface area contributed by atoms with E-state index < -0.39 is 6.29 Å². The Morgan fingerprint density at radius 1 is 1.41 bits per heavy atom. The van der Waals surface area contributed by atoms with E-state index in [1.807, 2.05) is 4.57 Å². The molecule has 6 nitrogen and oxygen atoms in total. The van der Waals surface area contributed by atoms with E-state index >= 15 is 0 Å². The Balaban J connectivity index is 1.74. The van der Waals surface area contributed by atoms with Gasteiger partial charge in [-0.05, 0) is 0 Å². The van der Waals surface area contributed by atoms with Gasteiger partial charge in [0.25, 0.3) is 0 Å². The van der Waals surface area contributed by atoms with Crippen LogP contribution in [0.2, 0.25) is 0 Å². The summed E-state index contributed by atoms with van der Waals surface area (Å²) in [6, 6.07) is 0. The lowest BCUT2D eigenvalue weighted by atomic mass is 10.2. The van der Waals surface area contributed by atoms with Gasteiger partial charge in [-0.3, -0.25) is 4.79 Å². The molecule has 17 heavy (non-hydrogen) atoms. The molecule has 1 fully saturated rings. The highest BCUT2D eigenvalue weighted by atomic mass is 16.7. The Bertz CT molecular complexity index is 423. The van der Waals surface area contributed by atoms with Crippen molar-refractivity contribution in [2.24, 2.45) is 0 Å². The van der Waals surface area contributed by atoms with E-state index in [0.717, 1.165) is 5.82 Å². The van der Waals surface area contributed by atoms with Crippen LogP contribution in [-0.2, 0) is 27.4 Å². The highest BCUT2D eigenvalue weighted by molar-refractivity contribution is 5.94. The van der Waals surface area contributed by atoms with Crippen LogP contribution < -0.4 is 0 Å². The second-order valence-electron chi connectivity index (χ2n) is 4.06. The molecule has 3 heterocycles. The molecule has 0 saturated carbocycles. The maximum absolute atomic E-state index is 12.1. The Hall–Kier alpha value is -1.24. The molecule has 3 rings (SSSR count). The molecular weight excluding hydrogens is 224 g/mol. The SMILES string of the molecule is O=C(CC1OCCO1)c1cnc2n1CCOC2. The van der Waals surface area contributed by atoms with Crippen molar-refractivity contribution in [1.82, 2.24) is 9.55 Å². The van der Waals surface area contributed by atoms with Gasteiger partial charge in [-0.25, -0.2) is 4.98 Å². The summed E-state index contributed by atoms with van der Waals surface area (Å²) in [6.07, 6.45) is 1.47. The molecule has 0 radical (unpaired) electrons. The molecule has 0 aromatic carbocycles. The average Bonchev–Trinajstić information content (AvgIpc) is 2.96. The minimum absolute atomic E-state index is 0.0116. The van der Waals surface area contributed by atoms with Gasteiger partial charge in [-0.15, -0.1) is 0 Å². The molecule has 0 amide bonds. The van der Waals surface area contributed by atoms with Gasteiger partial charge >= 0.3 is 0 Å². The highest BCUT2D eigenvalue weighted by Crippen LogP contribution is 2.16. The van der Waals surface area contributed by atoms with Crippen molar-refractivity contribution < 1.29 is 19.0 Å². The van der Waals surface area contributed by atoms with Crippen molar-refractivity contribution in [3.63, 3.8) is 0 Å². The first kappa shape index (κ1) is 10.9. The molecule has 0 aliphatic carbocycles. The lowest BCUT2D eigenvalue weighted by Crippen LogP contribution is -2.22. The molecule has 0 N–H and O–H groups in total. The molecule has 0 atom stereocenters. The maximum atomic E-state index is 12.1. The van der Waals surface area contributed by atoms with Crippen molar-refractivity contribution >= 4 is 5.78 Å². The number of imidazole rings is 1. The van der Waals surface area contributed by atoms with Crippen LogP contribution in [-0.4, -0.2) is 41.4 Å². The van der Waals surface area contributed by atoms with Crippen LogP contribution in [0.5, 0.6) is 0 Å². The predicted octanol–water partition coefficient (Wildman–Crippen LogP) is 0.359. The predicted molar refractivity (Wildman–Crippen MR) is 56.5 cm³/mol. The van der Waals surface area contributed by atoms with Crippen molar-refractivity contribution in [3.8, 4) is 0 Å². The average molecular weight is 238 g/mol. The molecule has 2 aliphatic rings. The number of rotatable bonds is 3. The molecule has 0 spiro atoms. The number of carbonyl (C=O) groups is 1. The molecule has 0 bridgehead atoms. The summed E-state index contributed by atoms with van der Waals surface area (Å²) >= 11 is 0. The summed E-state index contributed by atoms with van der Waals surface area (Å²) in [6.45, 7) is 2.92. The quantitative estimate of drug-likeness (QED) is 0.711. The van der Waals surface area contributed by atoms with Crippen LogP contribution in [0.4, 0.5) is 0 Å². The summed E-state index contributed by atoms with van der Waals surface area (Å²) in [7, 11) is 0. The number of ketones is 1. The number of aromatic nitrogens is 2. The largest absolute Gasteiger partial charge is 0.372 e. The second-order valence-corrected chi connectivity index (χ2v) is 4.06. The van der Waals surface area contributed by atoms with Gasteiger partial charge < -0.3 is 18.8 Å². The highest BCUT2D eigenvalue weighted by Gasteiger charge is 2.24. The third-order valence-electron chi connectivity index (χ3n) is 2.96. The zero-order valence-corrected chi connectivity index (χ0v) is 9.42. The lowest BCUT2D eigenvalue weighted by Gasteiger charge is -2.16. The Morgan fingerprint density at radius 3 is 3.06 bits per heavy atom. The van der Waals surface area contributed by atoms with Crippen molar-refractivity contribution in [3.05, 3.63) is 17.7 Å². The van der Waals surface area contributed by atoms with Gasteiger partial charge in [0, 0.05) is 6.54 Å². The fourth-order valence-electron chi connectivity index (χ4n) is 2.10. The molecule has 0 unspecified atom stereocenters. The molecular formula is C11H14N2O4. The normalized spacial score (nSPS) is 20.5. The fraction of sp³-hybridized carbons (Fsp3) is 0.636. The first-order valence-electron chi connectivity index (χ1n) is 5.73. The van der Waals surface area contributed by atoms with Crippen LogP contribution >= 0.6 is 0 Å². The maximum Gasteiger partial charge on any atom is 0.185 e. The Kier molecular flexibility index (Phi) is 2.92. The zero-order valence-electron chi connectivity index (χ0n) is 9.42. The van der Waals surface area contributed by atoms with Crippen molar-refractivity contribution in [2.45, 2.75) is 25.9 Å². The number of carbonyl (C=O) groups excluding carboxylic acids is 1. The molecule has 6 heteroatoms. The summed E-state index contributed by atoms with van der Waals surface area (Å²) in [4.78, 5) is 16.3. The van der Waals surface area contributed by atoms with Gasteiger partial charge in [-0.1, -0.05) is 0 Å². The summed E-state index contributed by atoms with van der Waals surface area (Å²) < 4.78 is 17.7. The lowest BCUT2D eigenvalue weighted by molar-refractivity contribution is -0.0409. The Morgan fingerprint density at radius 2 is 2.24 bits per heavy atom. The fourth-order valence-corrected chi connectivity index (χ4v) is 2.10. The molecule has 1 saturated heterocycles. The van der Waals surface area contributed by atoms with Gasteiger partial charge in [0.2, 0.25) is 0 Å². The minimum atomic E-state index is -0.395. The number of fused-ring (bicyclic) bond motifs is 1. The van der Waals surface area contributed by atoms with Gasteiger partial charge in [0.05, 0.1) is 32.4 Å². The van der Waals surface area contributed by atoms with Crippen LogP contribution in [0, 0.1) is 0 Å². The molecule has 1 aromatic heterocycles. The summed E-state index contributed by atoms with van der Waals surface area (Å²) in [5.74, 6) is 0.824. The number of ether oxygens (including phenoxy) is 3. The number of nitrogens with zero attached hydrogens (tertiary/aromatic N) is 2. The van der Waals surface area contributed by atoms with Gasteiger partial charge in [0.15, 0.2) is 12.1 Å². The number of hydrogen-bond donors (Lipinski definition) is 0. The molecule has 1 aromatic rings. The minimum Gasteiger partial charge on any atom is -0.372 e. The first-order valence-corrected chi connectivity index (χ1v) is 5.73. The topological polar surface area (TPSA) is 62.6 Å². The third-order valence-corrected chi connectivity index (χ3v) is 2.96. The van der Waals surface area contributed by atoms with Crippen molar-refractivity contribution in [1.29, 1.82) is 0 Å². The smallest absolute Gasteiger partial charge is 0.185 e. The van der Waals surface area contributed by atoms with E-state index in [0.29, 0.717) is 38.7 Å². The van der Waals surface area contributed by atoms with E-state index in [4.69, 9.17) is 14.2 Å². The van der Waals surface area contributed by atoms with E-state index in [1.165, 1.54) is 0 Å². The second kappa shape index (κ2) is 4.56. The molecule has 2 aliphatic heterocycles. The number of hydrogen-bond acceptors (Lipinski definition) is 5. The number of Topliss-reactive ketones (excluding diaryl/α,β-unsaturated/α-hetero) is 1. The summed E-state index contributed by atoms with van der Waals surface area (Å²) in [5, 5.41) is 0. The van der Waals surface area contributed by atoms with E-state index in [9.17, 15) is 4.79 Å². The van der Waals surface area contributed by atoms with Crippen LogP contribution in [0.15, 0.2) is 6.20 Å². The third kappa shape index (κ3) is 2.11. The van der Waals surface area contributed by atoms with E-state index in [2.05, 4.69) is 4.98 Å². The van der Waals surface area contributed by atoms with Crippen LogP contribution in [0.3, 0.4) is 0 Å². The van der Waals surface area contributed by atoms with Crippen molar-refractivity contribution in [2.75, 3.05) is 19.8 Å². The van der Waals surface area contributed by atoms with E-state index in [1.54, 1.807) is 6.20 Å². The standard InChI is InChI=1S/C11H14N2O4/c14-9(5-11-16-3-4-17-11)8-6-12-10-7-15-2-1-13(8)10/h6,11H,1-5,7H2. The Labute approximate surface area is 98.5 Å². The van der Waals surface area contributed by atoms with Crippen LogP contribution in [0.25, 0.3) is 0 Å². The van der Waals surface area contributed by atoms with Gasteiger partial charge in [-0.2, -0.15) is 0 Å². The monoisotopic (exact) mass is 238 g/mol. The summed E-state index contributed by atoms with van der Waals surface area (Å²) in [5.41, 5.74) is 0.627. The molecule has 92 valence electrons. The van der Waals surface area contributed by atoms with Gasteiger partial charge in [0.1, 0.15) is 18.1 Å².